The molecule has 0 unspecified atom stereocenters. The van der Waals surface area contributed by atoms with Crippen LogP contribution in [-0.2, 0) is 14.3 Å². The number of nitrogens with one attached hydrogen (secondary N) is 1. The van der Waals surface area contributed by atoms with Crippen molar-refractivity contribution in [2.45, 2.75) is 18.4 Å². The van der Waals surface area contributed by atoms with Gasteiger partial charge in [0.05, 0.1) is 6.42 Å². The van der Waals surface area contributed by atoms with Crippen LogP contribution in [-0.4, -0.2) is 35.7 Å². The van der Waals surface area contributed by atoms with Gasteiger partial charge in [0, 0.05) is 5.92 Å². The van der Waals surface area contributed by atoms with E-state index in [-0.39, 0.29) is 12.5 Å². The Bertz CT molecular complexity index is 819. The number of carboxylic acids is 1. The lowest BCUT2D eigenvalue weighted by atomic mass is 9.98. The fourth-order valence-corrected chi connectivity index (χ4v) is 3.18. The monoisotopic (exact) mass is 356 g/mol. The summed E-state index contributed by atoms with van der Waals surface area (Å²) in [6, 6.07) is 14.3. The first-order valence-electron chi connectivity index (χ1n) is 8.10. The fourth-order valence-electron chi connectivity index (χ4n) is 3.18. The molecule has 2 aromatic carbocycles. The maximum atomic E-state index is 12.0. The summed E-state index contributed by atoms with van der Waals surface area (Å²) in [6.45, 7) is 0.0583. The summed E-state index contributed by atoms with van der Waals surface area (Å²) in [4.78, 5) is 34.0. The molecular weight excluding hydrogens is 338 g/mol. The number of ether oxygens (including phenoxy) is 1. The van der Waals surface area contributed by atoms with E-state index >= 15 is 0 Å². The number of benzene rings is 2. The highest BCUT2D eigenvalue weighted by molar-refractivity contribution is 5.86. The molecule has 0 heterocycles. The lowest BCUT2D eigenvalue weighted by molar-refractivity contribution is -0.141. The van der Waals surface area contributed by atoms with E-state index < -0.39 is 30.4 Å². The molecular formula is C19H18N2O5. The van der Waals surface area contributed by atoms with Crippen molar-refractivity contribution in [1.29, 1.82) is 0 Å². The number of carbonyl (C=O) groups is 3. The van der Waals surface area contributed by atoms with Gasteiger partial charge in [-0.1, -0.05) is 48.5 Å². The topological polar surface area (TPSA) is 119 Å². The minimum absolute atomic E-state index is 0.0583. The molecule has 26 heavy (non-hydrogen) atoms. The first-order valence-corrected chi connectivity index (χ1v) is 8.10. The van der Waals surface area contributed by atoms with Crippen LogP contribution in [0.2, 0.25) is 0 Å². The second-order valence-corrected chi connectivity index (χ2v) is 6.03. The largest absolute Gasteiger partial charge is 0.480 e. The molecule has 3 rings (SSSR count). The minimum Gasteiger partial charge on any atom is -0.480 e. The molecule has 0 fully saturated rings. The van der Waals surface area contributed by atoms with Crippen LogP contribution >= 0.6 is 0 Å². The van der Waals surface area contributed by atoms with Crippen molar-refractivity contribution in [2.75, 3.05) is 6.61 Å². The molecule has 4 N–H and O–H groups in total. The molecule has 134 valence electrons. The fraction of sp³-hybridized carbons (Fsp3) is 0.211. The Hall–Kier alpha value is -3.35. The van der Waals surface area contributed by atoms with Gasteiger partial charge in [-0.15, -0.1) is 0 Å². The number of rotatable bonds is 6. The summed E-state index contributed by atoms with van der Waals surface area (Å²) in [5.74, 6) is -2.30. The van der Waals surface area contributed by atoms with Crippen LogP contribution in [0.15, 0.2) is 48.5 Å². The Morgan fingerprint density at radius 1 is 1.04 bits per heavy atom. The number of alkyl carbamates (subject to hydrolysis) is 1. The maximum Gasteiger partial charge on any atom is 0.407 e. The van der Waals surface area contributed by atoms with Crippen molar-refractivity contribution in [1.82, 2.24) is 5.32 Å². The van der Waals surface area contributed by atoms with E-state index in [4.69, 9.17) is 15.6 Å². The number of primary amides is 1. The molecule has 1 aliphatic carbocycles. The molecule has 0 radical (unpaired) electrons. The van der Waals surface area contributed by atoms with E-state index in [1.165, 1.54) is 0 Å². The standard InChI is InChI=1S/C19H18N2O5/c20-17(22)9-16(18(23)24)21-19(25)26-10-15-13-7-3-1-5-11(13)12-6-2-4-8-14(12)15/h1-8,15-16H,9-10H2,(H2,20,22)(H,21,25)(H,23,24)/t16-/m0/s1/i20+1,21+1. The highest BCUT2D eigenvalue weighted by Gasteiger charge is 2.30. The summed E-state index contributed by atoms with van der Waals surface area (Å²) in [5, 5.41) is 11.2. The van der Waals surface area contributed by atoms with E-state index in [1.54, 1.807) is 0 Å². The van der Waals surface area contributed by atoms with E-state index in [0.29, 0.717) is 0 Å². The van der Waals surface area contributed by atoms with Crippen LogP contribution in [0.25, 0.3) is 11.1 Å². The van der Waals surface area contributed by atoms with Gasteiger partial charge in [0.25, 0.3) is 0 Å². The molecule has 7 nitrogen and oxygen atoms in total. The summed E-state index contributed by atoms with van der Waals surface area (Å²) in [7, 11) is 0. The number of hydrogen-bond donors (Lipinski definition) is 3. The SMILES string of the molecule is [15NH2]C(=O)C[C@H]([15NH]C(=O)OCC1c2ccccc2-c2ccccc21)C(=O)O. The number of carboxylic acid groups (broad SMARTS) is 1. The summed E-state index contributed by atoms with van der Waals surface area (Å²) in [6.07, 6.45) is -1.40. The highest BCUT2D eigenvalue weighted by Crippen LogP contribution is 2.44. The molecule has 0 spiro atoms. The summed E-state index contributed by atoms with van der Waals surface area (Å²) >= 11 is 0. The second-order valence-electron chi connectivity index (χ2n) is 6.03. The molecule has 0 saturated heterocycles. The molecule has 1 atom stereocenters. The molecule has 1 aliphatic rings. The number of carbonyl (C=O) groups excluding carboxylic acids is 2. The zero-order chi connectivity index (χ0) is 18.7. The predicted octanol–water partition coefficient (Wildman–Crippen LogP) is 1.85. The maximum absolute atomic E-state index is 12.0. The third kappa shape index (κ3) is 3.51. The average molecular weight is 356 g/mol. The third-order valence-electron chi connectivity index (χ3n) is 4.34. The van der Waals surface area contributed by atoms with Gasteiger partial charge in [0.1, 0.15) is 12.6 Å². The molecule has 0 bridgehead atoms. The van der Waals surface area contributed by atoms with Gasteiger partial charge in [-0.05, 0) is 22.3 Å². The number of amides is 2. The zero-order valence-corrected chi connectivity index (χ0v) is 13.8. The predicted molar refractivity (Wildman–Crippen MR) is 93.4 cm³/mol. The van der Waals surface area contributed by atoms with Gasteiger partial charge in [0.15, 0.2) is 0 Å². The van der Waals surface area contributed by atoms with E-state index in [2.05, 4.69) is 5.32 Å². The number of fused-ring (bicyclic) bond motifs is 3. The highest BCUT2D eigenvalue weighted by atomic mass is 16.6. The van der Waals surface area contributed by atoms with Gasteiger partial charge < -0.3 is 20.9 Å². The van der Waals surface area contributed by atoms with E-state index in [1.807, 2.05) is 48.5 Å². The lowest BCUT2D eigenvalue weighted by Crippen LogP contribution is -2.43. The first-order chi connectivity index (χ1) is 12.5. The van der Waals surface area contributed by atoms with Crippen LogP contribution in [0.3, 0.4) is 0 Å². The Kier molecular flexibility index (Phi) is 4.88. The Morgan fingerprint density at radius 2 is 1.58 bits per heavy atom. The van der Waals surface area contributed by atoms with Gasteiger partial charge in [0.2, 0.25) is 5.91 Å². The smallest absolute Gasteiger partial charge is 0.407 e. The molecule has 2 amide bonds. The Labute approximate surface area is 149 Å². The Morgan fingerprint density at radius 3 is 2.08 bits per heavy atom. The van der Waals surface area contributed by atoms with Crippen LogP contribution in [0.1, 0.15) is 23.5 Å². The summed E-state index contributed by atoms with van der Waals surface area (Å²) in [5.41, 5.74) is 9.27. The molecule has 0 aromatic heterocycles. The lowest BCUT2D eigenvalue weighted by Gasteiger charge is -2.16. The van der Waals surface area contributed by atoms with Crippen LogP contribution < -0.4 is 11.1 Å². The van der Waals surface area contributed by atoms with Crippen molar-refractivity contribution in [2.24, 2.45) is 5.73 Å². The van der Waals surface area contributed by atoms with Gasteiger partial charge in [-0.2, -0.15) is 0 Å². The first kappa shape index (κ1) is 17.5. The zero-order valence-electron chi connectivity index (χ0n) is 13.8. The second kappa shape index (κ2) is 7.26. The Balaban J connectivity index is 1.71. The normalized spacial score (nSPS) is 13.4. The molecule has 2 aromatic rings. The molecule has 0 saturated carbocycles. The van der Waals surface area contributed by atoms with Crippen molar-refractivity contribution < 1.29 is 24.2 Å². The molecule has 7 heteroatoms. The van der Waals surface area contributed by atoms with Gasteiger partial charge in [-0.3, -0.25) is 4.79 Å². The van der Waals surface area contributed by atoms with Gasteiger partial charge in [-0.25, -0.2) is 9.59 Å². The van der Waals surface area contributed by atoms with E-state index in [9.17, 15) is 14.4 Å². The minimum atomic E-state index is -1.41. The van der Waals surface area contributed by atoms with Crippen molar-refractivity contribution in [3.05, 3.63) is 59.7 Å². The van der Waals surface area contributed by atoms with Crippen molar-refractivity contribution in [3.63, 3.8) is 0 Å². The van der Waals surface area contributed by atoms with Crippen molar-refractivity contribution in [3.8, 4) is 11.1 Å². The van der Waals surface area contributed by atoms with Crippen LogP contribution in [0.4, 0.5) is 4.79 Å². The van der Waals surface area contributed by atoms with Crippen molar-refractivity contribution >= 4 is 18.0 Å². The van der Waals surface area contributed by atoms with E-state index in [0.717, 1.165) is 22.3 Å². The quantitative estimate of drug-likeness (QED) is 0.683. The molecule has 0 aliphatic heterocycles. The third-order valence-corrected chi connectivity index (χ3v) is 4.34. The van der Waals surface area contributed by atoms with Gasteiger partial charge >= 0.3 is 12.1 Å². The average Bonchev–Trinajstić information content (AvgIpc) is 2.93. The number of nitrogens with two attached hydrogens (primary N) is 1. The number of hydrogen-bond acceptors (Lipinski definition) is 4. The number of aliphatic carboxylic acids is 1. The van der Waals surface area contributed by atoms with Crippen LogP contribution in [0.5, 0.6) is 0 Å². The summed E-state index contributed by atoms with van der Waals surface area (Å²) < 4.78 is 5.24. The van der Waals surface area contributed by atoms with Crippen LogP contribution in [0, 0.1) is 0 Å².